The van der Waals surface area contributed by atoms with E-state index in [9.17, 15) is 8.42 Å². The third-order valence-corrected chi connectivity index (χ3v) is 18.6. The average Bonchev–Trinajstić information content (AvgIpc) is 3.74. The van der Waals surface area contributed by atoms with Gasteiger partial charge in [-0.05, 0) is 153 Å². The third-order valence-electron chi connectivity index (χ3n) is 16.7. The van der Waals surface area contributed by atoms with Gasteiger partial charge in [0.15, 0.2) is 0 Å². The third kappa shape index (κ3) is 10.8. The van der Waals surface area contributed by atoms with E-state index in [1.54, 1.807) is 28.1 Å². The molecule has 2 aromatic carbocycles. The maximum atomic E-state index is 13.3. The fraction of sp³-hybridized carbons (Fsp3) is 0.614. The van der Waals surface area contributed by atoms with Gasteiger partial charge in [0.25, 0.3) is 0 Å². The maximum Gasteiger partial charge on any atom is 0.243 e. The first kappa shape index (κ1) is 53.8. The summed E-state index contributed by atoms with van der Waals surface area (Å²) in [5, 5.41) is 4.25. The zero-order valence-corrected chi connectivity index (χ0v) is 41.8. The number of sulfonamides is 1. The Balaban J connectivity index is 0.000000888. The number of nitrogens with one attached hydrogen (secondary N) is 1. The molecule has 63 heavy (non-hydrogen) atoms. The zero-order valence-electron chi connectivity index (χ0n) is 41.0. The molecular formula is C57H85N3O2S. The normalized spacial score (nSPS) is 31.5. The van der Waals surface area contributed by atoms with E-state index < -0.39 is 10.0 Å². The number of hydrogen-bond donors (Lipinski definition) is 1. The van der Waals surface area contributed by atoms with Gasteiger partial charge >= 0.3 is 0 Å². The summed E-state index contributed by atoms with van der Waals surface area (Å²) in [6, 6.07) is 16.8. The molecule has 0 bridgehead atoms. The van der Waals surface area contributed by atoms with Crippen LogP contribution in [0.4, 0.5) is 0 Å². The Morgan fingerprint density at radius 1 is 0.762 bits per heavy atom. The van der Waals surface area contributed by atoms with Gasteiger partial charge < -0.3 is 5.32 Å². The second-order valence-corrected chi connectivity index (χ2v) is 21.6. The van der Waals surface area contributed by atoms with Gasteiger partial charge in [0.2, 0.25) is 10.0 Å². The quantitative estimate of drug-likeness (QED) is 0.212. The number of terminal acetylenes is 3. The lowest BCUT2D eigenvalue weighted by Gasteiger charge is -2.68. The average molecular weight is 876 g/mol. The highest BCUT2D eigenvalue weighted by atomic mass is 32.2. The van der Waals surface area contributed by atoms with Crippen molar-refractivity contribution in [2.24, 2.45) is 45.8 Å². The fourth-order valence-electron chi connectivity index (χ4n) is 14.1. The molecule has 8 atom stereocenters. The van der Waals surface area contributed by atoms with Crippen LogP contribution in [0.25, 0.3) is 5.57 Å². The van der Waals surface area contributed by atoms with Gasteiger partial charge in [-0.25, -0.2) is 8.42 Å². The molecule has 1 heterocycles. The van der Waals surface area contributed by atoms with Crippen molar-refractivity contribution in [3.05, 3.63) is 84.0 Å². The molecule has 4 saturated carbocycles. The van der Waals surface area contributed by atoms with Crippen LogP contribution >= 0.6 is 0 Å². The molecule has 1 N–H and O–H groups in total. The fourth-order valence-corrected chi connectivity index (χ4v) is 15.5. The highest BCUT2D eigenvalue weighted by Crippen LogP contribution is 2.72. The number of benzene rings is 2. The number of fused-ring (bicyclic) bond motifs is 7. The van der Waals surface area contributed by atoms with Crippen LogP contribution < -0.4 is 5.32 Å². The Morgan fingerprint density at radius 3 is 1.95 bits per heavy atom. The predicted molar refractivity (Wildman–Crippen MR) is 271 cm³/mol. The highest BCUT2D eigenvalue weighted by Gasteiger charge is 2.65. The van der Waals surface area contributed by atoms with Crippen molar-refractivity contribution in [1.29, 1.82) is 0 Å². The van der Waals surface area contributed by atoms with E-state index in [2.05, 4.69) is 127 Å². The topological polar surface area (TPSA) is 52.7 Å². The lowest BCUT2D eigenvalue weighted by Crippen LogP contribution is -2.64. The Hall–Kier alpha value is -3.57. The van der Waals surface area contributed by atoms with Crippen LogP contribution in [0.1, 0.15) is 136 Å². The number of nitrogens with zero attached hydrogens (tertiary/aromatic N) is 2. The van der Waals surface area contributed by atoms with E-state index in [4.69, 9.17) is 0 Å². The molecule has 0 radical (unpaired) electrons. The first-order valence-electron chi connectivity index (χ1n) is 24.1. The molecular weight excluding hydrogens is 791 g/mol. The van der Waals surface area contributed by atoms with Gasteiger partial charge in [-0.1, -0.05) is 109 Å². The molecule has 1 saturated heterocycles. The molecule has 0 spiro atoms. The summed E-state index contributed by atoms with van der Waals surface area (Å²) in [7, 11) is -3.43. The Morgan fingerprint density at radius 2 is 1.37 bits per heavy atom. The molecule has 0 amide bonds. The minimum absolute atomic E-state index is 0.194. The van der Waals surface area contributed by atoms with Crippen LogP contribution in [0.15, 0.2) is 72.2 Å². The van der Waals surface area contributed by atoms with Gasteiger partial charge in [-0.2, -0.15) is 4.31 Å². The summed E-state index contributed by atoms with van der Waals surface area (Å²) >= 11 is 0. The molecule has 0 aromatic heterocycles. The summed E-state index contributed by atoms with van der Waals surface area (Å²) < 4.78 is 28.4. The number of piperazine rings is 1. The van der Waals surface area contributed by atoms with Crippen LogP contribution in [0.2, 0.25) is 0 Å². The zero-order chi connectivity index (χ0) is 47.2. The maximum absolute atomic E-state index is 13.3. The first-order chi connectivity index (χ1) is 30.2. The van der Waals surface area contributed by atoms with Crippen LogP contribution in [0.3, 0.4) is 0 Å². The Labute approximate surface area is 387 Å². The second kappa shape index (κ2) is 23.6. The summed E-state index contributed by atoms with van der Waals surface area (Å²) in [6.45, 7) is 29.0. The second-order valence-electron chi connectivity index (χ2n) is 19.7. The summed E-state index contributed by atoms with van der Waals surface area (Å²) in [6.07, 6.45) is 43.0. The molecule has 346 valence electrons. The molecule has 1 aliphatic heterocycles. The van der Waals surface area contributed by atoms with E-state index >= 15 is 0 Å². The van der Waals surface area contributed by atoms with Crippen molar-refractivity contribution < 1.29 is 8.42 Å². The molecule has 5 nitrogen and oxygen atoms in total. The Bertz CT molecular complexity index is 1920. The molecule has 5 aliphatic carbocycles. The number of hydrogen-bond acceptors (Lipinski definition) is 4. The van der Waals surface area contributed by atoms with E-state index in [1.807, 2.05) is 32.9 Å². The SMILES string of the molecule is C#C.C#C.C#C.C=CC.CC.CCc1ccc(S(=O)(=O)N2CCN(CCN[C@]34CCCC3[C@H]3CCC5[C@@](C)(CCC6C(C)(C)C(c7ccc(C)cc7)=CC[C@@]65C)C3CC4)CC2)cc1. The molecule has 2 aromatic rings. The van der Waals surface area contributed by atoms with Crippen molar-refractivity contribution in [3.63, 3.8) is 0 Å². The minimum atomic E-state index is -3.43. The van der Waals surface area contributed by atoms with E-state index in [1.165, 1.54) is 80.9 Å². The van der Waals surface area contributed by atoms with Gasteiger partial charge in [-0.15, -0.1) is 45.1 Å². The summed E-state index contributed by atoms with van der Waals surface area (Å²) in [4.78, 5) is 2.92. The van der Waals surface area contributed by atoms with E-state index in [0.717, 1.165) is 62.2 Å². The van der Waals surface area contributed by atoms with E-state index in [0.29, 0.717) is 34.4 Å². The van der Waals surface area contributed by atoms with Crippen LogP contribution in [0.5, 0.6) is 0 Å². The lowest BCUT2D eigenvalue weighted by molar-refractivity contribution is -0.172. The van der Waals surface area contributed by atoms with Crippen molar-refractivity contribution in [1.82, 2.24) is 14.5 Å². The molecule has 6 aliphatic rings. The number of aryl methyl sites for hydroxylation is 2. The van der Waals surface area contributed by atoms with Gasteiger partial charge in [-0.3, -0.25) is 4.90 Å². The lowest BCUT2D eigenvalue weighted by atomic mass is 9.37. The van der Waals surface area contributed by atoms with Crippen LogP contribution in [0, 0.1) is 91.3 Å². The minimum Gasteiger partial charge on any atom is -0.310 e. The van der Waals surface area contributed by atoms with Crippen molar-refractivity contribution in [3.8, 4) is 38.5 Å². The van der Waals surface area contributed by atoms with Gasteiger partial charge in [0.1, 0.15) is 0 Å². The van der Waals surface area contributed by atoms with Crippen LogP contribution in [-0.4, -0.2) is 62.4 Å². The molecule has 4 unspecified atom stereocenters. The van der Waals surface area contributed by atoms with Crippen LogP contribution in [-0.2, 0) is 16.4 Å². The monoisotopic (exact) mass is 876 g/mol. The van der Waals surface area contributed by atoms with E-state index in [-0.39, 0.29) is 5.41 Å². The predicted octanol–water partition coefficient (Wildman–Crippen LogP) is 12.3. The smallest absolute Gasteiger partial charge is 0.243 e. The van der Waals surface area contributed by atoms with Gasteiger partial charge in [0.05, 0.1) is 4.90 Å². The summed E-state index contributed by atoms with van der Waals surface area (Å²) in [5.74, 6) is 4.09. The van der Waals surface area contributed by atoms with Crippen molar-refractivity contribution in [2.75, 3.05) is 39.3 Å². The first-order valence-corrected chi connectivity index (χ1v) is 25.6. The van der Waals surface area contributed by atoms with Crippen molar-refractivity contribution >= 4 is 15.6 Å². The molecule has 8 rings (SSSR count). The molecule has 6 heteroatoms. The largest absolute Gasteiger partial charge is 0.310 e. The summed E-state index contributed by atoms with van der Waals surface area (Å²) in [5.41, 5.74) is 6.88. The standard InChI is InChI=1S/C46H67N3O2S.C3H6.C2H6.3C2H2/c1-7-34-12-16-36(17-13-34)52(50,51)49-31-29-48(30-32-49)28-27-47-46-23-8-9-40(46)37-18-19-42-44(5,39(37)21-26-46)25-22-41-43(3,4)38(20-24-45(41,42)6)35-14-10-33(2)11-15-35;1-3-2;4*1-2/h10-17,20,37,39-42,47H,7-9,18-19,21-32H2,1-6H3;3H,1H2,2H3;1-2H3;3*1-2H/t37-,39?,40?,41?,42?,44-,45-,46-;;;;;/m0...../s1. The Kier molecular flexibility index (Phi) is 20.1. The molecule has 5 fully saturated rings. The highest BCUT2D eigenvalue weighted by molar-refractivity contribution is 7.89. The number of rotatable bonds is 8. The van der Waals surface area contributed by atoms with Gasteiger partial charge in [0, 0.05) is 44.8 Å². The number of allylic oxidation sites excluding steroid dienone is 3. The van der Waals surface area contributed by atoms with Crippen molar-refractivity contribution in [2.45, 2.75) is 143 Å².